The third kappa shape index (κ3) is 2.69. The Bertz CT molecular complexity index is 459. The second kappa shape index (κ2) is 5.89. The number of rotatable bonds is 3. The maximum atomic E-state index is 12.1. The van der Waals surface area contributed by atoms with Crippen molar-refractivity contribution in [1.29, 1.82) is 0 Å². The van der Waals surface area contributed by atoms with Crippen molar-refractivity contribution in [1.82, 2.24) is 15.2 Å². The van der Waals surface area contributed by atoms with Crippen LogP contribution in [0.1, 0.15) is 36.0 Å². The van der Waals surface area contributed by atoms with E-state index < -0.39 is 6.10 Å². The van der Waals surface area contributed by atoms with Gasteiger partial charge in [-0.1, -0.05) is 0 Å². The lowest BCUT2D eigenvalue weighted by Crippen LogP contribution is -2.47. The number of aliphatic hydroxyl groups is 1. The lowest BCUT2D eigenvalue weighted by molar-refractivity contribution is 0.0619. The molecular weight excluding hydrogens is 254 g/mol. The highest BCUT2D eigenvalue weighted by atomic mass is 16.3. The minimum Gasteiger partial charge on any atom is -0.389 e. The molecule has 0 spiro atoms. The Hall–Kier alpha value is -1.46. The first-order valence-electron chi connectivity index (χ1n) is 7.39. The van der Waals surface area contributed by atoms with Crippen LogP contribution in [0.15, 0.2) is 24.5 Å². The lowest BCUT2D eigenvalue weighted by Gasteiger charge is -2.28. The first-order chi connectivity index (χ1) is 9.75. The summed E-state index contributed by atoms with van der Waals surface area (Å²) in [6.07, 6.45) is 7.00. The largest absolute Gasteiger partial charge is 0.389 e. The zero-order chi connectivity index (χ0) is 13.9. The molecule has 0 bridgehead atoms. The van der Waals surface area contributed by atoms with E-state index >= 15 is 0 Å². The smallest absolute Gasteiger partial charge is 0.251 e. The van der Waals surface area contributed by atoms with Crippen molar-refractivity contribution in [2.45, 2.75) is 43.9 Å². The van der Waals surface area contributed by atoms with Crippen LogP contribution in [0.3, 0.4) is 0 Å². The number of likely N-dealkylation sites (tertiary alicyclic amines) is 1. The first kappa shape index (κ1) is 13.5. The van der Waals surface area contributed by atoms with Gasteiger partial charge < -0.3 is 10.4 Å². The molecule has 1 aliphatic carbocycles. The van der Waals surface area contributed by atoms with Gasteiger partial charge in [0.1, 0.15) is 0 Å². The summed E-state index contributed by atoms with van der Waals surface area (Å²) in [5, 5.41) is 13.4. The summed E-state index contributed by atoms with van der Waals surface area (Å²) < 4.78 is 0. The number of nitrogens with one attached hydrogen (secondary N) is 1. The van der Waals surface area contributed by atoms with Crippen LogP contribution in [-0.2, 0) is 0 Å². The predicted octanol–water partition coefficient (Wildman–Crippen LogP) is 0.799. The summed E-state index contributed by atoms with van der Waals surface area (Å²) in [5.74, 6) is -0.126. The fraction of sp³-hybridized carbons (Fsp3) is 0.600. The van der Waals surface area contributed by atoms with E-state index in [4.69, 9.17) is 0 Å². The summed E-state index contributed by atoms with van der Waals surface area (Å²) in [4.78, 5) is 18.4. The second-order valence-electron chi connectivity index (χ2n) is 5.69. The van der Waals surface area contributed by atoms with Crippen LogP contribution in [0, 0.1) is 0 Å². The highest BCUT2D eigenvalue weighted by molar-refractivity contribution is 5.94. The van der Waals surface area contributed by atoms with Crippen molar-refractivity contribution in [2.24, 2.45) is 0 Å². The van der Waals surface area contributed by atoms with Gasteiger partial charge in [0.05, 0.1) is 12.1 Å². The number of carbonyl (C=O) groups is 1. The third-order valence-electron chi connectivity index (χ3n) is 4.45. The van der Waals surface area contributed by atoms with Gasteiger partial charge in [-0.2, -0.15) is 0 Å². The zero-order valence-electron chi connectivity index (χ0n) is 11.5. The molecule has 5 nitrogen and oxygen atoms in total. The predicted molar refractivity (Wildman–Crippen MR) is 75.3 cm³/mol. The van der Waals surface area contributed by atoms with Gasteiger partial charge in [-0.15, -0.1) is 0 Å². The summed E-state index contributed by atoms with van der Waals surface area (Å²) in [7, 11) is 0. The summed E-state index contributed by atoms with van der Waals surface area (Å²) in [6.45, 7) is 2.15. The van der Waals surface area contributed by atoms with Gasteiger partial charge in [0, 0.05) is 24.0 Å². The molecule has 1 aliphatic heterocycles. The van der Waals surface area contributed by atoms with E-state index in [1.165, 1.54) is 12.8 Å². The Morgan fingerprint density at radius 2 is 1.95 bits per heavy atom. The normalized spacial score (nSPS) is 30.6. The van der Waals surface area contributed by atoms with Crippen molar-refractivity contribution in [3.8, 4) is 0 Å². The molecule has 1 saturated carbocycles. The van der Waals surface area contributed by atoms with Crippen LogP contribution in [0.5, 0.6) is 0 Å². The van der Waals surface area contributed by atoms with Gasteiger partial charge in [-0.3, -0.25) is 14.7 Å². The molecule has 3 rings (SSSR count). The maximum Gasteiger partial charge on any atom is 0.251 e. The Kier molecular flexibility index (Phi) is 3.98. The Morgan fingerprint density at radius 1 is 1.25 bits per heavy atom. The van der Waals surface area contributed by atoms with Gasteiger partial charge in [-0.05, 0) is 50.9 Å². The highest BCUT2D eigenvalue weighted by Gasteiger charge is 2.39. The Balaban J connectivity index is 1.60. The minimum absolute atomic E-state index is 0.126. The number of hydrogen-bond acceptors (Lipinski definition) is 4. The maximum absolute atomic E-state index is 12.1. The molecule has 0 unspecified atom stereocenters. The van der Waals surface area contributed by atoms with Crippen LogP contribution in [0.2, 0.25) is 0 Å². The average Bonchev–Trinajstić information content (AvgIpc) is 3.11. The van der Waals surface area contributed by atoms with Crippen LogP contribution in [-0.4, -0.2) is 52.2 Å². The van der Waals surface area contributed by atoms with Gasteiger partial charge in [-0.25, -0.2) is 0 Å². The standard InChI is InChI=1S/C15H21N3O2/c19-14-12(3-4-13(14)18-9-1-2-10-18)17-15(20)11-5-7-16-8-6-11/h5-8,12-14,19H,1-4,9-10H2,(H,17,20)/t12-,13-,14-/m1/s1. The topological polar surface area (TPSA) is 65.5 Å². The first-order valence-corrected chi connectivity index (χ1v) is 7.39. The molecule has 2 fully saturated rings. The van der Waals surface area contributed by atoms with Crippen molar-refractivity contribution < 1.29 is 9.90 Å². The van der Waals surface area contributed by atoms with E-state index in [-0.39, 0.29) is 18.0 Å². The van der Waals surface area contributed by atoms with Crippen LogP contribution < -0.4 is 5.32 Å². The minimum atomic E-state index is -0.459. The third-order valence-corrected chi connectivity index (χ3v) is 4.45. The molecule has 1 saturated heterocycles. The van der Waals surface area contributed by atoms with Crippen LogP contribution >= 0.6 is 0 Å². The van der Waals surface area contributed by atoms with Gasteiger partial charge in [0.15, 0.2) is 0 Å². The number of aliphatic hydroxyl groups excluding tert-OH is 1. The molecule has 0 aromatic carbocycles. The lowest BCUT2D eigenvalue weighted by atomic mass is 10.1. The van der Waals surface area contributed by atoms with Gasteiger partial charge in [0.25, 0.3) is 5.91 Å². The number of carbonyl (C=O) groups excluding carboxylic acids is 1. The van der Waals surface area contributed by atoms with E-state index in [2.05, 4.69) is 15.2 Å². The molecule has 1 aromatic rings. The molecular formula is C15H21N3O2. The molecule has 2 heterocycles. The number of pyridine rings is 1. The Morgan fingerprint density at radius 3 is 2.65 bits per heavy atom. The molecule has 3 atom stereocenters. The fourth-order valence-electron chi connectivity index (χ4n) is 3.34. The van der Waals surface area contributed by atoms with Crippen molar-refractivity contribution in [3.63, 3.8) is 0 Å². The summed E-state index contributed by atoms with van der Waals surface area (Å²) >= 11 is 0. The number of nitrogens with zero attached hydrogens (tertiary/aromatic N) is 2. The van der Waals surface area contributed by atoms with Gasteiger partial charge in [0.2, 0.25) is 0 Å². The molecule has 1 amide bonds. The van der Waals surface area contributed by atoms with Crippen LogP contribution in [0.25, 0.3) is 0 Å². The monoisotopic (exact) mass is 275 g/mol. The van der Waals surface area contributed by atoms with Gasteiger partial charge >= 0.3 is 0 Å². The van der Waals surface area contributed by atoms with Crippen molar-refractivity contribution >= 4 is 5.91 Å². The van der Waals surface area contributed by atoms with E-state index in [0.29, 0.717) is 5.56 Å². The van der Waals surface area contributed by atoms with E-state index in [1.807, 2.05) is 0 Å². The zero-order valence-corrected chi connectivity index (χ0v) is 11.5. The molecule has 5 heteroatoms. The number of hydrogen-bond donors (Lipinski definition) is 2. The number of aromatic nitrogens is 1. The summed E-state index contributed by atoms with van der Waals surface area (Å²) in [6, 6.07) is 3.45. The van der Waals surface area contributed by atoms with E-state index in [1.54, 1.807) is 24.5 Å². The van der Waals surface area contributed by atoms with E-state index in [0.717, 1.165) is 25.9 Å². The average molecular weight is 275 g/mol. The highest BCUT2D eigenvalue weighted by Crippen LogP contribution is 2.27. The van der Waals surface area contributed by atoms with Crippen molar-refractivity contribution in [3.05, 3.63) is 30.1 Å². The molecule has 108 valence electrons. The Labute approximate surface area is 119 Å². The summed E-state index contributed by atoms with van der Waals surface area (Å²) in [5.41, 5.74) is 0.594. The fourth-order valence-corrected chi connectivity index (χ4v) is 3.34. The van der Waals surface area contributed by atoms with Crippen molar-refractivity contribution in [2.75, 3.05) is 13.1 Å². The second-order valence-corrected chi connectivity index (χ2v) is 5.69. The molecule has 2 N–H and O–H groups in total. The molecule has 2 aliphatic rings. The number of amides is 1. The molecule has 0 radical (unpaired) electrons. The quantitative estimate of drug-likeness (QED) is 0.856. The molecule has 20 heavy (non-hydrogen) atoms. The van der Waals surface area contributed by atoms with Crippen LogP contribution in [0.4, 0.5) is 0 Å². The van der Waals surface area contributed by atoms with E-state index in [9.17, 15) is 9.90 Å². The molecule has 1 aromatic heterocycles. The SMILES string of the molecule is O=C(N[C@@H]1CC[C@@H](N2CCCC2)[C@@H]1O)c1ccncc1.